The van der Waals surface area contributed by atoms with Crippen LogP contribution in [0.4, 0.5) is 0 Å². The van der Waals surface area contributed by atoms with Gasteiger partial charge in [-0.1, -0.05) is 0 Å². The normalized spacial score (nSPS) is 12.5. The van der Waals surface area contributed by atoms with Gasteiger partial charge in [0.2, 0.25) is 5.91 Å². The summed E-state index contributed by atoms with van der Waals surface area (Å²) in [5.41, 5.74) is 5.81. The number of carbonyl (C=O) groups excluding carboxylic acids is 1. The smallest absolute Gasteiger partial charge is 0.239 e. The first-order valence-electron chi connectivity index (χ1n) is 5.19. The van der Waals surface area contributed by atoms with Gasteiger partial charge in [-0.2, -0.15) is 11.8 Å². The molecule has 0 rings (SSSR count). The van der Waals surface area contributed by atoms with Gasteiger partial charge in [0.05, 0.1) is 12.6 Å². The van der Waals surface area contributed by atoms with Crippen molar-refractivity contribution < 1.29 is 9.53 Å². The molecule has 1 atom stereocenters. The van der Waals surface area contributed by atoms with Crippen LogP contribution in [0.3, 0.4) is 0 Å². The summed E-state index contributed by atoms with van der Waals surface area (Å²) in [6, 6.07) is -0.366. The van der Waals surface area contributed by atoms with E-state index in [1.165, 1.54) is 0 Å². The monoisotopic (exact) mass is 234 g/mol. The zero-order chi connectivity index (χ0) is 11.7. The van der Waals surface area contributed by atoms with Crippen molar-refractivity contribution in [1.29, 1.82) is 0 Å². The zero-order valence-electron chi connectivity index (χ0n) is 9.86. The summed E-state index contributed by atoms with van der Waals surface area (Å²) in [6.45, 7) is 3.83. The van der Waals surface area contributed by atoms with Crippen LogP contribution in [0.25, 0.3) is 0 Å². The fourth-order valence-electron chi connectivity index (χ4n) is 1.23. The standard InChI is InChI=1S/C10H22N2O2S/c1-4-12(6-7-14-2)10(13)9(11)5-8-15-3/h9H,4-8,11H2,1-3H3/t9-/m0/s1. The van der Waals surface area contributed by atoms with Crippen molar-refractivity contribution >= 4 is 17.7 Å². The van der Waals surface area contributed by atoms with E-state index in [2.05, 4.69) is 0 Å². The lowest BCUT2D eigenvalue weighted by atomic mass is 10.2. The minimum atomic E-state index is -0.366. The van der Waals surface area contributed by atoms with Crippen LogP contribution in [0.1, 0.15) is 13.3 Å². The third kappa shape index (κ3) is 6.02. The highest BCUT2D eigenvalue weighted by atomic mass is 32.2. The molecule has 0 fully saturated rings. The van der Waals surface area contributed by atoms with Crippen LogP contribution >= 0.6 is 11.8 Å². The van der Waals surface area contributed by atoms with Crippen LogP contribution in [0.5, 0.6) is 0 Å². The molecule has 0 aliphatic heterocycles. The Bertz CT molecular complexity index is 179. The Morgan fingerprint density at radius 2 is 2.27 bits per heavy atom. The summed E-state index contributed by atoms with van der Waals surface area (Å²) in [6.07, 6.45) is 2.75. The first-order chi connectivity index (χ1) is 7.17. The lowest BCUT2D eigenvalue weighted by Crippen LogP contribution is -2.45. The maximum Gasteiger partial charge on any atom is 0.239 e. The van der Waals surface area contributed by atoms with Gasteiger partial charge < -0.3 is 15.4 Å². The minimum absolute atomic E-state index is 0.0311. The van der Waals surface area contributed by atoms with Crippen molar-refractivity contribution in [2.24, 2.45) is 5.73 Å². The first kappa shape index (κ1) is 14.7. The van der Waals surface area contributed by atoms with E-state index in [0.717, 1.165) is 12.2 Å². The van der Waals surface area contributed by atoms with E-state index in [1.807, 2.05) is 13.2 Å². The molecule has 15 heavy (non-hydrogen) atoms. The van der Waals surface area contributed by atoms with E-state index in [4.69, 9.17) is 10.5 Å². The molecule has 0 aromatic rings. The Balaban J connectivity index is 4.00. The molecule has 0 saturated heterocycles. The topological polar surface area (TPSA) is 55.6 Å². The summed E-state index contributed by atoms with van der Waals surface area (Å²) in [5.74, 6) is 0.956. The number of thioether (sulfide) groups is 1. The van der Waals surface area contributed by atoms with Gasteiger partial charge in [-0.3, -0.25) is 4.79 Å². The van der Waals surface area contributed by atoms with Crippen molar-refractivity contribution in [3.63, 3.8) is 0 Å². The maximum atomic E-state index is 11.8. The molecule has 0 heterocycles. The number of ether oxygens (including phenoxy) is 1. The average Bonchev–Trinajstić information content (AvgIpc) is 2.26. The summed E-state index contributed by atoms with van der Waals surface area (Å²) in [5, 5.41) is 0. The number of amides is 1. The molecule has 0 bridgehead atoms. The fourth-order valence-corrected chi connectivity index (χ4v) is 1.72. The summed E-state index contributed by atoms with van der Waals surface area (Å²) < 4.78 is 4.95. The van der Waals surface area contributed by atoms with Gasteiger partial charge in [0, 0.05) is 20.2 Å². The molecule has 0 aliphatic carbocycles. The van der Waals surface area contributed by atoms with Crippen molar-refractivity contribution in [1.82, 2.24) is 4.90 Å². The van der Waals surface area contributed by atoms with Crippen molar-refractivity contribution in [3.05, 3.63) is 0 Å². The summed E-state index contributed by atoms with van der Waals surface area (Å²) in [7, 11) is 1.63. The highest BCUT2D eigenvalue weighted by molar-refractivity contribution is 7.98. The van der Waals surface area contributed by atoms with Gasteiger partial charge >= 0.3 is 0 Å². The summed E-state index contributed by atoms with van der Waals surface area (Å²) in [4.78, 5) is 13.6. The van der Waals surface area contributed by atoms with E-state index in [0.29, 0.717) is 19.7 Å². The predicted octanol–water partition coefficient (Wildman–Crippen LogP) is 0.562. The van der Waals surface area contributed by atoms with E-state index in [-0.39, 0.29) is 11.9 Å². The second kappa shape index (κ2) is 9.00. The van der Waals surface area contributed by atoms with E-state index < -0.39 is 0 Å². The van der Waals surface area contributed by atoms with E-state index in [9.17, 15) is 4.79 Å². The molecule has 0 aromatic carbocycles. The number of likely N-dealkylation sites (N-methyl/N-ethyl adjacent to an activating group) is 1. The molecule has 0 aromatic heterocycles. The van der Waals surface area contributed by atoms with Gasteiger partial charge in [0.15, 0.2) is 0 Å². The van der Waals surface area contributed by atoms with Crippen molar-refractivity contribution in [2.45, 2.75) is 19.4 Å². The number of methoxy groups -OCH3 is 1. The molecule has 2 N–H and O–H groups in total. The molecule has 0 saturated carbocycles. The van der Waals surface area contributed by atoms with Crippen molar-refractivity contribution in [2.75, 3.05) is 38.8 Å². The van der Waals surface area contributed by atoms with Crippen molar-refractivity contribution in [3.8, 4) is 0 Å². The Kier molecular flexibility index (Phi) is 8.85. The second-order valence-corrected chi connectivity index (χ2v) is 4.28. The van der Waals surface area contributed by atoms with E-state index >= 15 is 0 Å². The quantitative estimate of drug-likeness (QED) is 0.667. The molecule has 0 spiro atoms. The van der Waals surface area contributed by atoms with Gasteiger partial charge in [0.1, 0.15) is 0 Å². The average molecular weight is 234 g/mol. The predicted molar refractivity (Wildman–Crippen MR) is 65.1 cm³/mol. The van der Waals surface area contributed by atoms with Crippen LogP contribution in [0, 0.1) is 0 Å². The fraction of sp³-hybridized carbons (Fsp3) is 0.900. The molecular weight excluding hydrogens is 212 g/mol. The molecule has 5 heteroatoms. The first-order valence-corrected chi connectivity index (χ1v) is 6.59. The van der Waals surface area contributed by atoms with Gasteiger partial charge in [-0.15, -0.1) is 0 Å². The second-order valence-electron chi connectivity index (χ2n) is 3.30. The molecule has 4 nitrogen and oxygen atoms in total. The number of hydrogen-bond donors (Lipinski definition) is 1. The van der Waals surface area contributed by atoms with E-state index in [1.54, 1.807) is 23.8 Å². The molecule has 0 aliphatic rings. The number of carbonyl (C=O) groups is 1. The summed E-state index contributed by atoms with van der Waals surface area (Å²) >= 11 is 1.71. The lowest BCUT2D eigenvalue weighted by molar-refractivity contribution is -0.133. The molecular formula is C10H22N2O2S. The number of nitrogens with two attached hydrogens (primary N) is 1. The van der Waals surface area contributed by atoms with Gasteiger partial charge in [-0.25, -0.2) is 0 Å². The molecule has 90 valence electrons. The molecule has 1 amide bonds. The third-order valence-corrected chi connectivity index (χ3v) is 2.85. The van der Waals surface area contributed by atoms with Gasteiger partial charge in [0.25, 0.3) is 0 Å². The van der Waals surface area contributed by atoms with Crippen LogP contribution in [-0.4, -0.2) is 55.7 Å². The van der Waals surface area contributed by atoms with Gasteiger partial charge in [-0.05, 0) is 25.4 Å². The zero-order valence-corrected chi connectivity index (χ0v) is 10.7. The lowest BCUT2D eigenvalue weighted by Gasteiger charge is -2.23. The Morgan fingerprint density at radius 3 is 2.73 bits per heavy atom. The Labute approximate surface area is 96.5 Å². The van der Waals surface area contributed by atoms with Crippen LogP contribution < -0.4 is 5.73 Å². The van der Waals surface area contributed by atoms with Crippen LogP contribution in [-0.2, 0) is 9.53 Å². The minimum Gasteiger partial charge on any atom is -0.383 e. The highest BCUT2D eigenvalue weighted by Crippen LogP contribution is 2.02. The number of nitrogens with zero attached hydrogens (tertiary/aromatic N) is 1. The number of hydrogen-bond acceptors (Lipinski definition) is 4. The Hall–Kier alpha value is -0.260. The number of rotatable bonds is 8. The molecule has 0 unspecified atom stereocenters. The largest absolute Gasteiger partial charge is 0.383 e. The third-order valence-electron chi connectivity index (χ3n) is 2.21. The SMILES string of the molecule is CCN(CCOC)C(=O)[C@@H](N)CCSC. The van der Waals surface area contributed by atoms with Crippen LogP contribution in [0.15, 0.2) is 0 Å². The molecule has 0 radical (unpaired) electrons. The maximum absolute atomic E-state index is 11.8. The Morgan fingerprint density at radius 1 is 1.60 bits per heavy atom. The highest BCUT2D eigenvalue weighted by Gasteiger charge is 2.18. The van der Waals surface area contributed by atoms with Crippen LogP contribution in [0.2, 0.25) is 0 Å².